The first-order chi connectivity index (χ1) is 7.69. The summed E-state index contributed by atoms with van der Waals surface area (Å²) in [5.41, 5.74) is 2.45. The number of aliphatic hydroxyl groups excluding tert-OH is 1. The van der Waals surface area contributed by atoms with Gasteiger partial charge in [-0.05, 0) is 22.4 Å². The SMILES string of the molecule is CCCC(O)CNc1ncnc(NN)c1Br. The smallest absolute Gasteiger partial charge is 0.159 e. The van der Waals surface area contributed by atoms with Gasteiger partial charge in [0.1, 0.15) is 16.6 Å². The van der Waals surface area contributed by atoms with Gasteiger partial charge in [-0.15, -0.1) is 0 Å². The molecule has 0 aliphatic carbocycles. The number of nitrogen functional groups attached to an aromatic ring is 1. The highest BCUT2D eigenvalue weighted by molar-refractivity contribution is 9.10. The van der Waals surface area contributed by atoms with E-state index in [0.29, 0.717) is 22.7 Å². The number of aromatic nitrogens is 2. The molecule has 0 aliphatic rings. The molecular weight excluding hydrogens is 274 g/mol. The maximum atomic E-state index is 9.57. The molecule has 90 valence electrons. The summed E-state index contributed by atoms with van der Waals surface area (Å²) in [5, 5.41) is 12.6. The number of hydrogen-bond donors (Lipinski definition) is 4. The van der Waals surface area contributed by atoms with Gasteiger partial charge in [-0.3, -0.25) is 0 Å². The predicted octanol–water partition coefficient (Wildman–Crippen LogP) is 1.10. The Balaban J connectivity index is 2.60. The molecule has 1 aromatic heterocycles. The Morgan fingerprint density at radius 3 is 2.81 bits per heavy atom. The van der Waals surface area contributed by atoms with Crippen molar-refractivity contribution in [3.8, 4) is 0 Å². The van der Waals surface area contributed by atoms with E-state index in [2.05, 4.69) is 36.6 Å². The summed E-state index contributed by atoms with van der Waals surface area (Å²) in [5.74, 6) is 6.39. The lowest BCUT2D eigenvalue weighted by Gasteiger charge is -2.13. The van der Waals surface area contributed by atoms with E-state index in [9.17, 15) is 5.11 Å². The van der Waals surface area contributed by atoms with E-state index in [1.165, 1.54) is 6.33 Å². The highest BCUT2D eigenvalue weighted by Gasteiger charge is 2.09. The van der Waals surface area contributed by atoms with E-state index in [0.717, 1.165) is 12.8 Å². The number of halogens is 1. The van der Waals surface area contributed by atoms with Crippen LogP contribution in [0.3, 0.4) is 0 Å². The van der Waals surface area contributed by atoms with Crippen molar-refractivity contribution in [1.82, 2.24) is 9.97 Å². The number of rotatable bonds is 6. The first-order valence-electron chi connectivity index (χ1n) is 5.08. The van der Waals surface area contributed by atoms with Gasteiger partial charge in [-0.25, -0.2) is 15.8 Å². The van der Waals surface area contributed by atoms with Crippen LogP contribution in [0.25, 0.3) is 0 Å². The largest absolute Gasteiger partial charge is 0.391 e. The zero-order valence-corrected chi connectivity index (χ0v) is 10.7. The molecule has 1 unspecified atom stereocenters. The first-order valence-corrected chi connectivity index (χ1v) is 5.87. The second kappa shape index (κ2) is 6.62. The van der Waals surface area contributed by atoms with Crippen molar-refractivity contribution in [3.63, 3.8) is 0 Å². The van der Waals surface area contributed by atoms with Crippen LogP contribution in [-0.4, -0.2) is 27.7 Å². The molecular formula is C9H16BrN5O. The predicted molar refractivity (Wildman–Crippen MR) is 66.9 cm³/mol. The van der Waals surface area contributed by atoms with E-state index in [1.54, 1.807) is 0 Å². The minimum atomic E-state index is -0.374. The van der Waals surface area contributed by atoms with Crippen molar-refractivity contribution >= 4 is 27.6 Å². The molecule has 1 heterocycles. The summed E-state index contributed by atoms with van der Waals surface area (Å²) in [4.78, 5) is 7.97. The third-order valence-corrected chi connectivity index (χ3v) is 2.80. The number of nitrogens with one attached hydrogen (secondary N) is 2. The second-order valence-electron chi connectivity index (χ2n) is 3.35. The summed E-state index contributed by atoms with van der Waals surface area (Å²) in [6, 6.07) is 0. The van der Waals surface area contributed by atoms with Crippen LogP contribution in [0.5, 0.6) is 0 Å². The molecule has 1 rings (SSSR count). The molecule has 0 amide bonds. The third-order valence-electron chi connectivity index (χ3n) is 2.05. The fourth-order valence-electron chi connectivity index (χ4n) is 1.24. The average molecular weight is 290 g/mol. The molecule has 0 radical (unpaired) electrons. The molecule has 5 N–H and O–H groups in total. The van der Waals surface area contributed by atoms with Crippen molar-refractivity contribution in [1.29, 1.82) is 0 Å². The molecule has 7 heteroatoms. The molecule has 16 heavy (non-hydrogen) atoms. The van der Waals surface area contributed by atoms with Crippen molar-refractivity contribution in [2.24, 2.45) is 5.84 Å². The Bertz CT molecular complexity index is 336. The average Bonchev–Trinajstić information content (AvgIpc) is 2.28. The van der Waals surface area contributed by atoms with Gasteiger partial charge >= 0.3 is 0 Å². The van der Waals surface area contributed by atoms with Crippen LogP contribution < -0.4 is 16.6 Å². The van der Waals surface area contributed by atoms with Gasteiger partial charge in [0, 0.05) is 6.54 Å². The first kappa shape index (κ1) is 13.1. The van der Waals surface area contributed by atoms with Gasteiger partial charge in [-0.2, -0.15) is 0 Å². The van der Waals surface area contributed by atoms with Crippen molar-refractivity contribution in [2.75, 3.05) is 17.3 Å². The monoisotopic (exact) mass is 289 g/mol. The summed E-state index contributed by atoms with van der Waals surface area (Å²) in [6.45, 7) is 2.48. The Morgan fingerprint density at radius 1 is 1.50 bits per heavy atom. The van der Waals surface area contributed by atoms with Crippen LogP contribution in [0.2, 0.25) is 0 Å². The quantitative estimate of drug-likeness (QED) is 0.463. The number of aliphatic hydroxyl groups is 1. The fourth-order valence-corrected chi connectivity index (χ4v) is 1.70. The lowest BCUT2D eigenvalue weighted by atomic mass is 10.2. The highest BCUT2D eigenvalue weighted by Crippen LogP contribution is 2.25. The molecule has 0 saturated heterocycles. The maximum absolute atomic E-state index is 9.57. The number of nitrogens with zero attached hydrogens (tertiary/aromatic N) is 2. The minimum absolute atomic E-state index is 0.374. The molecule has 0 bridgehead atoms. The number of hydrogen-bond acceptors (Lipinski definition) is 6. The Morgan fingerprint density at radius 2 is 2.19 bits per heavy atom. The third kappa shape index (κ3) is 3.58. The van der Waals surface area contributed by atoms with E-state index in [-0.39, 0.29) is 6.10 Å². The van der Waals surface area contributed by atoms with Crippen LogP contribution in [0.15, 0.2) is 10.8 Å². The van der Waals surface area contributed by atoms with E-state index >= 15 is 0 Å². The van der Waals surface area contributed by atoms with Gasteiger partial charge in [0.2, 0.25) is 0 Å². The summed E-state index contributed by atoms with van der Waals surface area (Å²) in [6.07, 6.45) is 2.73. The van der Waals surface area contributed by atoms with Crippen LogP contribution >= 0.6 is 15.9 Å². The van der Waals surface area contributed by atoms with Gasteiger partial charge in [-0.1, -0.05) is 13.3 Å². The summed E-state index contributed by atoms with van der Waals surface area (Å²) in [7, 11) is 0. The lowest BCUT2D eigenvalue weighted by Crippen LogP contribution is -2.20. The second-order valence-corrected chi connectivity index (χ2v) is 4.15. The van der Waals surface area contributed by atoms with Crippen LogP contribution in [0.1, 0.15) is 19.8 Å². The van der Waals surface area contributed by atoms with Crippen molar-refractivity contribution in [2.45, 2.75) is 25.9 Å². The van der Waals surface area contributed by atoms with Gasteiger partial charge in [0.05, 0.1) is 6.10 Å². The fraction of sp³-hybridized carbons (Fsp3) is 0.556. The molecule has 1 atom stereocenters. The molecule has 0 spiro atoms. The van der Waals surface area contributed by atoms with E-state index in [1.807, 2.05) is 6.92 Å². The van der Waals surface area contributed by atoms with Crippen LogP contribution in [0.4, 0.5) is 11.6 Å². The molecule has 6 nitrogen and oxygen atoms in total. The van der Waals surface area contributed by atoms with Crippen LogP contribution in [-0.2, 0) is 0 Å². The van der Waals surface area contributed by atoms with Crippen molar-refractivity contribution in [3.05, 3.63) is 10.8 Å². The van der Waals surface area contributed by atoms with E-state index in [4.69, 9.17) is 5.84 Å². The standard InChI is InChI=1S/C9H16BrN5O/c1-2-3-6(16)4-12-8-7(10)9(15-11)14-5-13-8/h5-6,16H,2-4,11H2,1H3,(H2,12,13,14,15). The Hall–Kier alpha value is -0.920. The number of anilines is 2. The Kier molecular flexibility index (Phi) is 5.44. The zero-order chi connectivity index (χ0) is 12.0. The number of nitrogens with two attached hydrogens (primary N) is 1. The molecule has 0 aromatic carbocycles. The summed E-state index contributed by atoms with van der Waals surface area (Å²) < 4.78 is 0.654. The zero-order valence-electron chi connectivity index (χ0n) is 9.07. The minimum Gasteiger partial charge on any atom is -0.391 e. The highest BCUT2D eigenvalue weighted by atomic mass is 79.9. The molecule has 0 saturated carbocycles. The Labute approximate surface area is 103 Å². The van der Waals surface area contributed by atoms with E-state index < -0.39 is 0 Å². The topological polar surface area (TPSA) is 96.1 Å². The number of hydrazine groups is 1. The molecule has 0 fully saturated rings. The molecule has 0 aliphatic heterocycles. The normalized spacial score (nSPS) is 12.2. The molecule has 1 aromatic rings. The van der Waals surface area contributed by atoms with Gasteiger partial charge in [0.25, 0.3) is 0 Å². The maximum Gasteiger partial charge on any atom is 0.159 e. The summed E-state index contributed by atoms with van der Waals surface area (Å²) >= 11 is 3.32. The van der Waals surface area contributed by atoms with Gasteiger partial charge < -0.3 is 15.8 Å². The lowest BCUT2D eigenvalue weighted by molar-refractivity contribution is 0.176. The van der Waals surface area contributed by atoms with Gasteiger partial charge in [0.15, 0.2) is 5.82 Å². The van der Waals surface area contributed by atoms with Crippen molar-refractivity contribution < 1.29 is 5.11 Å². The van der Waals surface area contributed by atoms with Crippen LogP contribution in [0, 0.1) is 0 Å².